The van der Waals surface area contributed by atoms with Gasteiger partial charge in [0.1, 0.15) is 0 Å². The number of nitrogens with zero attached hydrogens (tertiary/aromatic N) is 3. The van der Waals surface area contributed by atoms with Crippen LogP contribution in [0, 0.1) is 0 Å². The Bertz CT molecular complexity index is 427. The van der Waals surface area contributed by atoms with E-state index in [1.165, 1.54) is 12.8 Å². The van der Waals surface area contributed by atoms with Crippen molar-refractivity contribution in [3.63, 3.8) is 0 Å². The monoisotopic (exact) mass is 262 g/mol. The summed E-state index contributed by atoms with van der Waals surface area (Å²) in [6, 6.07) is 0.870. The Morgan fingerprint density at radius 3 is 3.00 bits per heavy atom. The summed E-state index contributed by atoms with van der Waals surface area (Å²) in [5.74, 6) is 0.283. The standard InChI is InChI=1S/C14H22N4O/c1-11(9-17-8-6-15-10-17)18-7-2-3-13(14(18)19)16-12-4-5-12/h6,8,10-13,16H,2-5,7,9H2,1H3. The van der Waals surface area contributed by atoms with Gasteiger partial charge in [-0.3, -0.25) is 4.79 Å². The first-order chi connectivity index (χ1) is 9.24. The Morgan fingerprint density at radius 1 is 1.47 bits per heavy atom. The Labute approximate surface area is 114 Å². The average Bonchev–Trinajstić information content (AvgIpc) is 3.07. The largest absolute Gasteiger partial charge is 0.337 e. The van der Waals surface area contributed by atoms with Crippen LogP contribution in [0.4, 0.5) is 0 Å². The molecule has 104 valence electrons. The number of aromatic nitrogens is 2. The minimum atomic E-state index is 0.0477. The van der Waals surface area contributed by atoms with Crippen molar-refractivity contribution in [3.8, 4) is 0 Å². The number of piperidine rings is 1. The van der Waals surface area contributed by atoms with Crippen LogP contribution >= 0.6 is 0 Å². The van der Waals surface area contributed by atoms with Crippen LogP contribution in [-0.2, 0) is 11.3 Å². The molecule has 0 spiro atoms. The summed E-state index contributed by atoms with van der Waals surface area (Å²) >= 11 is 0. The number of imidazole rings is 1. The van der Waals surface area contributed by atoms with E-state index in [2.05, 4.69) is 17.2 Å². The fraction of sp³-hybridized carbons (Fsp3) is 0.714. The van der Waals surface area contributed by atoms with Crippen molar-refractivity contribution in [2.24, 2.45) is 0 Å². The summed E-state index contributed by atoms with van der Waals surface area (Å²) < 4.78 is 2.04. The van der Waals surface area contributed by atoms with E-state index in [1.807, 2.05) is 22.0 Å². The number of carbonyl (C=O) groups is 1. The normalized spacial score (nSPS) is 25.6. The highest BCUT2D eigenvalue weighted by atomic mass is 16.2. The summed E-state index contributed by atoms with van der Waals surface area (Å²) in [5, 5.41) is 3.48. The molecule has 19 heavy (non-hydrogen) atoms. The molecule has 2 unspecified atom stereocenters. The Morgan fingerprint density at radius 2 is 2.32 bits per heavy atom. The second-order valence-electron chi connectivity index (χ2n) is 5.78. The van der Waals surface area contributed by atoms with Crippen molar-refractivity contribution in [1.82, 2.24) is 19.8 Å². The summed E-state index contributed by atoms with van der Waals surface area (Å²) in [7, 11) is 0. The zero-order chi connectivity index (χ0) is 13.2. The zero-order valence-corrected chi connectivity index (χ0v) is 11.5. The van der Waals surface area contributed by atoms with Crippen LogP contribution in [0.2, 0.25) is 0 Å². The van der Waals surface area contributed by atoms with Gasteiger partial charge in [0.25, 0.3) is 0 Å². The topological polar surface area (TPSA) is 50.2 Å². The molecule has 1 saturated heterocycles. The lowest BCUT2D eigenvalue weighted by molar-refractivity contribution is -0.138. The molecule has 1 aromatic rings. The van der Waals surface area contributed by atoms with Crippen molar-refractivity contribution in [1.29, 1.82) is 0 Å². The number of carbonyl (C=O) groups excluding carboxylic acids is 1. The van der Waals surface area contributed by atoms with Gasteiger partial charge in [0.15, 0.2) is 0 Å². The van der Waals surface area contributed by atoms with Crippen molar-refractivity contribution < 1.29 is 4.79 Å². The number of hydrogen-bond acceptors (Lipinski definition) is 3. The van der Waals surface area contributed by atoms with Gasteiger partial charge in [-0.25, -0.2) is 4.98 Å². The lowest BCUT2D eigenvalue weighted by Crippen LogP contribution is -2.54. The summed E-state index contributed by atoms with van der Waals surface area (Å²) in [4.78, 5) is 18.6. The van der Waals surface area contributed by atoms with E-state index in [0.717, 1.165) is 25.9 Å². The molecule has 2 aliphatic rings. The number of nitrogens with one attached hydrogen (secondary N) is 1. The Hall–Kier alpha value is -1.36. The molecule has 1 aliphatic heterocycles. The van der Waals surface area contributed by atoms with Gasteiger partial charge in [-0.1, -0.05) is 0 Å². The van der Waals surface area contributed by atoms with Crippen LogP contribution in [0.25, 0.3) is 0 Å². The van der Waals surface area contributed by atoms with Crippen LogP contribution < -0.4 is 5.32 Å². The maximum atomic E-state index is 12.5. The minimum Gasteiger partial charge on any atom is -0.337 e. The maximum absolute atomic E-state index is 12.5. The third kappa shape index (κ3) is 2.97. The SMILES string of the molecule is CC(Cn1ccnc1)N1CCCC(NC2CC2)C1=O. The van der Waals surface area contributed by atoms with Crippen molar-refractivity contribution in [2.75, 3.05) is 6.54 Å². The number of rotatable bonds is 5. The molecule has 0 radical (unpaired) electrons. The van der Waals surface area contributed by atoms with Crippen molar-refractivity contribution in [2.45, 2.75) is 57.3 Å². The highest BCUT2D eigenvalue weighted by Gasteiger charge is 2.34. The van der Waals surface area contributed by atoms with E-state index in [-0.39, 0.29) is 18.0 Å². The van der Waals surface area contributed by atoms with E-state index in [4.69, 9.17) is 0 Å². The Balaban J connectivity index is 1.60. The molecule has 5 nitrogen and oxygen atoms in total. The minimum absolute atomic E-state index is 0.0477. The van der Waals surface area contributed by atoms with Crippen molar-refractivity contribution >= 4 is 5.91 Å². The van der Waals surface area contributed by atoms with Gasteiger partial charge in [-0.2, -0.15) is 0 Å². The fourth-order valence-electron chi connectivity index (χ4n) is 2.82. The molecule has 1 amide bonds. The first-order valence-corrected chi connectivity index (χ1v) is 7.26. The molecule has 1 N–H and O–H groups in total. The molecule has 1 aromatic heterocycles. The van der Waals surface area contributed by atoms with Crippen LogP contribution in [0.5, 0.6) is 0 Å². The molecule has 2 fully saturated rings. The van der Waals surface area contributed by atoms with E-state index in [9.17, 15) is 4.79 Å². The smallest absolute Gasteiger partial charge is 0.240 e. The molecular formula is C14H22N4O. The van der Waals surface area contributed by atoms with Crippen LogP contribution in [0.15, 0.2) is 18.7 Å². The second kappa shape index (κ2) is 5.33. The summed E-state index contributed by atoms with van der Waals surface area (Å²) in [6.45, 7) is 3.83. The molecule has 5 heteroatoms. The molecule has 1 aliphatic carbocycles. The number of amides is 1. The van der Waals surface area contributed by atoms with E-state index in [1.54, 1.807) is 6.20 Å². The van der Waals surface area contributed by atoms with Gasteiger partial charge in [-0.05, 0) is 32.6 Å². The molecule has 0 bridgehead atoms. The van der Waals surface area contributed by atoms with E-state index in [0.29, 0.717) is 6.04 Å². The molecule has 2 atom stereocenters. The van der Waals surface area contributed by atoms with Gasteiger partial charge in [-0.15, -0.1) is 0 Å². The third-order valence-corrected chi connectivity index (χ3v) is 4.05. The molecular weight excluding hydrogens is 240 g/mol. The molecule has 0 aromatic carbocycles. The average molecular weight is 262 g/mol. The predicted octanol–water partition coefficient (Wildman–Crippen LogP) is 1.01. The quantitative estimate of drug-likeness (QED) is 0.862. The maximum Gasteiger partial charge on any atom is 0.240 e. The highest BCUT2D eigenvalue weighted by Crippen LogP contribution is 2.23. The summed E-state index contributed by atoms with van der Waals surface area (Å²) in [6.07, 6.45) is 10.1. The lowest BCUT2D eigenvalue weighted by atomic mass is 10.0. The third-order valence-electron chi connectivity index (χ3n) is 4.05. The predicted molar refractivity (Wildman–Crippen MR) is 72.6 cm³/mol. The van der Waals surface area contributed by atoms with E-state index < -0.39 is 0 Å². The number of likely N-dealkylation sites (tertiary alicyclic amines) is 1. The van der Waals surface area contributed by atoms with E-state index >= 15 is 0 Å². The number of hydrogen-bond donors (Lipinski definition) is 1. The first-order valence-electron chi connectivity index (χ1n) is 7.26. The van der Waals surface area contributed by atoms with Gasteiger partial charge in [0.2, 0.25) is 5.91 Å². The fourth-order valence-corrected chi connectivity index (χ4v) is 2.82. The molecule has 3 rings (SSSR count). The first kappa shape index (κ1) is 12.7. The molecule has 1 saturated carbocycles. The van der Waals surface area contributed by atoms with Crippen LogP contribution in [0.3, 0.4) is 0 Å². The van der Waals surface area contributed by atoms with Gasteiger partial charge < -0.3 is 14.8 Å². The highest BCUT2D eigenvalue weighted by molar-refractivity contribution is 5.83. The Kier molecular flexibility index (Phi) is 3.55. The van der Waals surface area contributed by atoms with Gasteiger partial charge in [0, 0.05) is 37.6 Å². The zero-order valence-electron chi connectivity index (χ0n) is 11.5. The van der Waals surface area contributed by atoms with Crippen molar-refractivity contribution in [3.05, 3.63) is 18.7 Å². The summed E-state index contributed by atoms with van der Waals surface area (Å²) in [5.41, 5.74) is 0. The van der Waals surface area contributed by atoms with Gasteiger partial charge in [0.05, 0.1) is 12.4 Å². The molecule has 2 heterocycles. The van der Waals surface area contributed by atoms with Gasteiger partial charge >= 0.3 is 0 Å². The lowest BCUT2D eigenvalue weighted by Gasteiger charge is -2.37. The van der Waals surface area contributed by atoms with Crippen LogP contribution in [0.1, 0.15) is 32.6 Å². The van der Waals surface area contributed by atoms with Crippen LogP contribution in [-0.4, -0.2) is 45.0 Å². The second-order valence-corrected chi connectivity index (χ2v) is 5.78.